The van der Waals surface area contributed by atoms with Crippen LogP contribution in [0.2, 0.25) is 0 Å². The summed E-state index contributed by atoms with van der Waals surface area (Å²) in [5, 5.41) is 6.04. The number of thiophene rings is 1. The van der Waals surface area contributed by atoms with E-state index in [1.165, 1.54) is 85.9 Å². The van der Waals surface area contributed by atoms with Gasteiger partial charge in [-0.15, -0.1) is 11.3 Å². The Morgan fingerprint density at radius 1 is 1.00 bits per heavy atom. The molecule has 0 radical (unpaired) electrons. The van der Waals surface area contributed by atoms with E-state index in [0.717, 1.165) is 83.2 Å². The van der Waals surface area contributed by atoms with Gasteiger partial charge in [0.2, 0.25) is 6.08 Å². The number of fused-ring (bicyclic) bond motifs is 4. The molecule has 0 spiro atoms. The van der Waals surface area contributed by atoms with E-state index in [4.69, 9.17) is 14.2 Å². The molecule has 8 rings (SSSR count). The number of H-pyrrole nitrogens is 1. The minimum atomic E-state index is -0.358. The van der Waals surface area contributed by atoms with E-state index in [1.54, 1.807) is 17.4 Å². The van der Waals surface area contributed by atoms with Crippen molar-refractivity contribution in [3.63, 3.8) is 0 Å². The quantitative estimate of drug-likeness (QED) is 0.0566. The van der Waals surface area contributed by atoms with Gasteiger partial charge in [-0.25, -0.2) is 9.59 Å². The monoisotopic (exact) mass is 795 g/mol. The lowest BCUT2D eigenvalue weighted by Crippen LogP contribution is -2.37. The number of anilines is 1. The van der Waals surface area contributed by atoms with Gasteiger partial charge in [0, 0.05) is 69.6 Å². The van der Waals surface area contributed by atoms with Gasteiger partial charge in [0.05, 0.1) is 6.61 Å². The van der Waals surface area contributed by atoms with Crippen LogP contribution < -0.4 is 10.1 Å². The summed E-state index contributed by atoms with van der Waals surface area (Å²) in [6, 6.07) is 13.6. The molecule has 0 aliphatic carbocycles. The summed E-state index contributed by atoms with van der Waals surface area (Å²) < 4.78 is 18.1. The molecule has 306 valence electrons. The van der Waals surface area contributed by atoms with Gasteiger partial charge in [-0.3, -0.25) is 10.2 Å². The second-order valence-corrected chi connectivity index (χ2v) is 17.0. The molecule has 4 atom stereocenters. The minimum absolute atomic E-state index is 0.252. The number of nitrogens with zero attached hydrogens (tertiary/aromatic N) is 3. The second-order valence-electron chi connectivity index (χ2n) is 16.0. The molecule has 4 aromatic rings. The molecule has 6 heterocycles. The molecule has 2 aromatic carbocycles. The molecule has 0 bridgehead atoms. The number of hydrogen-bond donors (Lipinski definition) is 2. The molecular weight excluding hydrogens is 735 g/mol. The lowest BCUT2D eigenvalue weighted by atomic mass is 9.83. The number of aliphatic imine (C=N–C) groups is 1. The van der Waals surface area contributed by atoms with Crippen LogP contribution in [0.3, 0.4) is 0 Å². The highest BCUT2D eigenvalue weighted by Crippen LogP contribution is 2.46. The van der Waals surface area contributed by atoms with Crippen molar-refractivity contribution in [2.45, 2.75) is 129 Å². The van der Waals surface area contributed by atoms with Crippen LogP contribution in [-0.2, 0) is 20.7 Å². The van der Waals surface area contributed by atoms with Crippen molar-refractivity contribution in [3.05, 3.63) is 59.3 Å². The van der Waals surface area contributed by atoms with Crippen LogP contribution in [0, 0.1) is 0 Å². The van der Waals surface area contributed by atoms with Gasteiger partial charge < -0.3 is 24.1 Å². The number of nitrogens with one attached hydrogen (secondary N) is 2. The first kappa shape index (κ1) is 41.2. The topological polar surface area (TPSA) is 108 Å². The third-order valence-electron chi connectivity index (χ3n) is 12.2. The zero-order chi connectivity index (χ0) is 39.7. The normalized spacial score (nSPS) is 21.3. The fraction of sp³-hybridized carbons (Fsp3) is 0.565. The highest BCUT2D eigenvalue weighted by atomic mass is 32.1. The van der Waals surface area contributed by atoms with E-state index in [0.29, 0.717) is 25.2 Å². The highest BCUT2D eigenvalue weighted by Gasteiger charge is 2.34. The van der Waals surface area contributed by atoms with Gasteiger partial charge >= 0.3 is 6.09 Å². The van der Waals surface area contributed by atoms with Gasteiger partial charge in [0.1, 0.15) is 10.8 Å². The van der Waals surface area contributed by atoms with Crippen molar-refractivity contribution >= 4 is 60.8 Å². The average molecular weight is 796 g/mol. The number of rotatable bonds is 14. The molecule has 2 aromatic heterocycles. The summed E-state index contributed by atoms with van der Waals surface area (Å²) in [5.41, 5.74) is 7.25. The number of piperidine rings is 1. The zero-order valence-electron chi connectivity index (χ0n) is 34.4. The van der Waals surface area contributed by atoms with Crippen molar-refractivity contribution in [3.8, 4) is 5.75 Å². The van der Waals surface area contributed by atoms with Crippen molar-refractivity contribution in [2.75, 3.05) is 44.7 Å². The molecule has 3 saturated heterocycles. The van der Waals surface area contributed by atoms with Crippen LogP contribution >= 0.6 is 11.3 Å². The Labute approximate surface area is 342 Å². The Kier molecular flexibility index (Phi) is 14.2. The van der Waals surface area contributed by atoms with Crippen molar-refractivity contribution in [1.82, 2.24) is 14.8 Å². The number of amides is 1. The van der Waals surface area contributed by atoms with Gasteiger partial charge in [-0.1, -0.05) is 39.7 Å². The Bertz CT molecular complexity index is 2070. The summed E-state index contributed by atoms with van der Waals surface area (Å²) in [7, 11) is 0. The number of unbranched alkanes of at least 4 members (excludes halogenated alkanes) is 1. The summed E-state index contributed by atoms with van der Waals surface area (Å²) >= 11 is 1.54. The highest BCUT2D eigenvalue weighted by molar-refractivity contribution is 7.23. The third kappa shape index (κ3) is 9.67. The predicted molar refractivity (Wildman–Crippen MR) is 232 cm³/mol. The smallest absolute Gasteiger partial charge is 0.411 e. The third-order valence-corrected chi connectivity index (χ3v) is 13.3. The van der Waals surface area contributed by atoms with Gasteiger partial charge in [-0.05, 0) is 138 Å². The molecule has 3 fully saturated rings. The van der Waals surface area contributed by atoms with Crippen LogP contribution in [0.4, 0.5) is 15.5 Å². The minimum Gasteiger partial charge on any atom is -0.465 e. The first-order chi connectivity index (χ1) is 27.9. The number of hydrogen-bond acceptors (Lipinski definition) is 9. The predicted octanol–water partition coefficient (Wildman–Crippen LogP) is 11.1. The zero-order valence-corrected chi connectivity index (χ0v) is 35.2. The Balaban J connectivity index is 0.000000174. The molecule has 4 aliphatic heterocycles. The van der Waals surface area contributed by atoms with Crippen molar-refractivity contribution in [1.29, 1.82) is 0 Å². The number of ether oxygens (including phenoxy) is 3. The number of aryl methyl sites for hydroxylation is 1. The molecule has 57 heavy (non-hydrogen) atoms. The molecule has 11 heteroatoms. The Morgan fingerprint density at radius 3 is 2.63 bits per heavy atom. The summed E-state index contributed by atoms with van der Waals surface area (Å²) in [6.07, 6.45) is 17.1. The Morgan fingerprint density at radius 2 is 1.84 bits per heavy atom. The van der Waals surface area contributed by atoms with Crippen molar-refractivity contribution in [2.24, 2.45) is 4.99 Å². The van der Waals surface area contributed by atoms with Crippen LogP contribution in [0.1, 0.15) is 121 Å². The molecule has 1 amide bonds. The lowest BCUT2D eigenvalue weighted by Gasteiger charge is -2.35. The maximum atomic E-state index is 12.1. The average Bonchev–Trinajstić information content (AvgIpc) is 4.02. The number of isocyanates is 1. The van der Waals surface area contributed by atoms with E-state index >= 15 is 0 Å². The number of carbonyl (C=O) groups excluding carboxylic acids is 2. The van der Waals surface area contributed by atoms with Crippen LogP contribution in [0.25, 0.3) is 26.6 Å². The van der Waals surface area contributed by atoms with Crippen molar-refractivity contribution < 1.29 is 23.8 Å². The van der Waals surface area contributed by atoms with Crippen LogP contribution in [0.15, 0.2) is 47.5 Å². The molecule has 4 aliphatic rings. The summed E-state index contributed by atoms with van der Waals surface area (Å²) in [6.45, 7) is 14.1. The van der Waals surface area contributed by atoms with Crippen LogP contribution in [-0.4, -0.2) is 84.7 Å². The molecule has 2 N–H and O–H groups in total. The SMILES string of the molecule is CCCCOC(=O)Nc1ccc2[nH]c(CCC)c(C3CCN4CCCC4C3)c2c1.CCOC(CC)Oc1ccc2sc(N=C=O)c(C3=CCN4CCCC4C3)c2c1. The summed E-state index contributed by atoms with van der Waals surface area (Å²) in [4.78, 5) is 36.1. The first-order valence-electron chi connectivity index (χ1n) is 21.6. The second kappa shape index (κ2) is 19.6. The molecule has 4 unspecified atom stereocenters. The largest absolute Gasteiger partial charge is 0.465 e. The number of carbonyl (C=O) groups is 1. The van der Waals surface area contributed by atoms with E-state index in [2.05, 4.69) is 63.2 Å². The molecule has 10 nitrogen and oxygen atoms in total. The number of aromatic nitrogens is 1. The summed E-state index contributed by atoms with van der Waals surface area (Å²) in [5.74, 6) is 1.39. The molecular formula is C46H61N5O5S. The molecule has 0 saturated carbocycles. The fourth-order valence-electron chi connectivity index (χ4n) is 9.49. The van der Waals surface area contributed by atoms with Gasteiger partial charge in [0.15, 0.2) is 6.29 Å². The fourth-order valence-corrected chi connectivity index (χ4v) is 10.5. The lowest BCUT2D eigenvalue weighted by molar-refractivity contribution is -0.0765. The van der Waals surface area contributed by atoms with E-state index in [9.17, 15) is 9.59 Å². The first-order valence-corrected chi connectivity index (χ1v) is 22.4. The van der Waals surface area contributed by atoms with Crippen LogP contribution in [0.5, 0.6) is 5.75 Å². The van der Waals surface area contributed by atoms with Gasteiger partial charge in [0.25, 0.3) is 0 Å². The van der Waals surface area contributed by atoms with Gasteiger partial charge in [-0.2, -0.15) is 4.99 Å². The standard InChI is InChI=1S/C24H35N3O2.C22H26N2O3S/c1-3-5-14-29-24(28)25-18-9-10-21-20(16-18)23(22(26-21)7-4-2)17-11-13-27-12-6-8-19(27)15-17;1-3-20(26-4-2)27-17-7-8-19-18(13-17)21(22(28-19)23-14-25)15-9-11-24-10-5-6-16(24)12-15/h9-10,16-17,19,26H,3-8,11-15H2,1-2H3,(H,25,28);7-9,13,16,20H,3-6,10-12H2,1-2H3. The van der Waals surface area contributed by atoms with E-state index in [-0.39, 0.29) is 12.4 Å². The Hall–Kier alpha value is -3.99. The van der Waals surface area contributed by atoms with E-state index in [1.807, 2.05) is 32.0 Å². The number of benzene rings is 2. The maximum absolute atomic E-state index is 12.1. The number of aromatic amines is 1. The van der Waals surface area contributed by atoms with E-state index < -0.39 is 0 Å². The maximum Gasteiger partial charge on any atom is 0.411 e.